The fraction of sp³-hybridized carbons (Fsp3) is 0.154. The molecule has 2 heterocycles. The molecule has 3 rings (SSSR count). The van der Waals surface area contributed by atoms with Gasteiger partial charge in [-0.15, -0.1) is 0 Å². The predicted octanol–water partition coefficient (Wildman–Crippen LogP) is 2.83. The van der Waals surface area contributed by atoms with E-state index in [4.69, 9.17) is 4.74 Å². The van der Waals surface area contributed by atoms with Gasteiger partial charge in [-0.2, -0.15) is 0 Å². The number of carbonyl (C=O) groups is 1. The highest BCUT2D eigenvalue weighted by atomic mass is 16.5. The molecule has 0 aliphatic rings. The van der Waals surface area contributed by atoms with Crippen LogP contribution < -0.4 is 0 Å². The van der Waals surface area contributed by atoms with E-state index in [0.29, 0.717) is 12.3 Å². The van der Waals surface area contributed by atoms with Crippen LogP contribution in [-0.4, -0.2) is 22.5 Å². The maximum atomic E-state index is 11.6. The third-order valence-corrected chi connectivity index (χ3v) is 2.82. The van der Waals surface area contributed by atoms with E-state index in [1.807, 2.05) is 30.5 Å². The molecule has 1 aromatic carbocycles. The highest BCUT2D eigenvalue weighted by molar-refractivity contribution is 6.07. The summed E-state index contributed by atoms with van der Waals surface area (Å²) in [4.78, 5) is 17.9. The monoisotopic (exact) mass is 228 g/mol. The van der Waals surface area contributed by atoms with Gasteiger partial charge in [-0.25, -0.2) is 4.79 Å². The van der Waals surface area contributed by atoms with Crippen LogP contribution in [0.25, 0.3) is 21.8 Å². The van der Waals surface area contributed by atoms with Gasteiger partial charge in [0.2, 0.25) is 0 Å². The van der Waals surface area contributed by atoms with E-state index < -0.39 is 0 Å². The molecule has 0 aliphatic heterocycles. The minimum absolute atomic E-state index is 0.313. The Balaban J connectivity index is 2.20. The molecular weight excluding hydrogens is 216 g/mol. The number of ether oxygens (including phenoxy) is 1. The van der Waals surface area contributed by atoms with Gasteiger partial charge >= 0.3 is 5.97 Å². The average Bonchev–Trinajstić information content (AvgIpc) is 2.94. The number of rotatable bonds is 2. The molecule has 3 aromatic rings. The number of hydrogen-bond donors (Lipinski definition) is 2. The summed E-state index contributed by atoms with van der Waals surface area (Å²) in [5.41, 5.74) is 2.51. The molecule has 0 spiro atoms. The van der Waals surface area contributed by atoms with Crippen molar-refractivity contribution in [3.63, 3.8) is 0 Å². The van der Waals surface area contributed by atoms with E-state index in [-0.39, 0.29) is 5.97 Å². The fourth-order valence-corrected chi connectivity index (χ4v) is 2.05. The summed E-state index contributed by atoms with van der Waals surface area (Å²) < 4.78 is 4.97. The molecule has 4 nitrogen and oxygen atoms in total. The topological polar surface area (TPSA) is 57.9 Å². The fourth-order valence-electron chi connectivity index (χ4n) is 2.05. The smallest absolute Gasteiger partial charge is 0.354 e. The van der Waals surface area contributed by atoms with Crippen molar-refractivity contribution in [2.24, 2.45) is 0 Å². The van der Waals surface area contributed by atoms with Crippen LogP contribution in [0.3, 0.4) is 0 Å². The number of nitrogens with one attached hydrogen (secondary N) is 2. The molecule has 0 unspecified atom stereocenters. The number of aromatic nitrogens is 2. The molecule has 0 aliphatic carbocycles. The Bertz CT molecular complexity index is 694. The summed E-state index contributed by atoms with van der Waals surface area (Å²) in [6.45, 7) is 2.18. The van der Waals surface area contributed by atoms with Crippen molar-refractivity contribution in [1.82, 2.24) is 9.97 Å². The molecule has 0 saturated heterocycles. The van der Waals surface area contributed by atoms with Gasteiger partial charge in [0, 0.05) is 22.5 Å². The van der Waals surface area contributed by atoms with E-state index in [9.17, 15) is 4.79 Å². The number of hydrogen-bond acceptors (Lipinski definition) is 2. The summed E-state index contributed by atoms with van der Waals surface area (Å²) in [7, 11) is 0. The molecule has 2 N–H and O–H groups in total. The van der Waals surface area contributed by atoms with E-state index in [2.05, 4.69) is 9.97 Å². The van der Waals surface area contributed by atoms with Crippen LogP contribution in [0.5, 0.6) is 0 Å². The third-order valence-electron chi connectivity index (χ3n) is 2.82. The van der Waals surface area contributed by atoms with Gasteiger partial charge in [-0.1, -0.05) is 6.07 Å². The third kappa shape index (κ3) is 1.49. The second-order valence-electron chi connectivity index (χ2n) is 3.87. The first kappa shape index (κ1) is 9.96. The van der Waals surface area contributed by atoms with Crippen molar-refractivity contribution in [2.75, 3.05) is 6.61 Å². The van der Waals surface area contributed by atoms with Crippen LogP contribution in [0.2, 0.25) is 0 Å². The van der Waals surface area contributed by atoms with Crippen LogP contribution in [0.1, 0.15) is 17.4 Å². The molecule has 17 heavy (non-hydrogen) atoms. The Hall–Kier alpha value is -2.23. The summed E-state index contributed by atoms with van der Waals surface area (Å²) in [6.07, 6.45) is 1.88. The Morgan fingerprint density at radius 1 is 1.35 bits per heavy atom. The average molecular weight is 228 g/mol. The highest BCUT2D eigenvalue weighted by Crippen LogP contribution is 2.24. The van der Waals surface area contributed by atoms with E-state index in [0.717, 1.165) is 21.8 Å². The van der Waals surface area contributed by atoms with Crippen LogP contribution in [0.4, 0.5) is 0 Å². The van der Waals surface area contributed by atoms with E-state index in [1.165, 1.54) is 0 Å². The van der Waals surface area contributed by atoms with Crippen LogP contribution in [-0.2, 0) is 4.74 Å². The molecule has 0 fully saturated rings. The SMILES string of the molecule is CCOC(=O)c1cc2ccc3[nH]ccc3c2[nH]1. The zero-order valence-corrected chi connectivity index (χ0v) is 9.41. The van der Waals surface area contributed by atoms with Gasteiger partial charge in [0.1, 0.15) is 5.69 Å². The highest BCUT2D eigenvalue weighted by Gasteiger charge is 2.11. The number of benzene rings is 1. The van der Waals surface area contributed by atoms with E-state index in [1.54, 1.807) is 6.92 Å². The Kier molecular flexibility index (Phi) is 2.14. The molecule has 86 valence electrons. The number of esters is 1. The van der Waals surface area contributed by atoms with Crippen molar-refractivity contribution in [2.45, 2.75) is 6.92 Å². The molecular formula is C13H12N2O2. The number of carbonyl (C=O) groups excluding carboxylic acids is 1. The van der Waals surface area contributed by atoms with Crippen molar-refractivity contribution >= 4 is 27.8 Å². The maximum absolute atomic E-state index is 11.6. The molecule has 0 amide bonds. The number of fused-ring (bicyclic) bond motifs is 3. The summed E-state index contributed by atoms with van der Waals surface area (Å²) in [5.74, 6) is -0.313. The number of aromatic amines is 2. The zero-order chi connectivity index (χ0) is 11.8. The Morgan fingerprint density at radius 3 is 3.06 bits per heavy atom. The minimum Gasteiger partial charge on any atom is -0.461 e. The van der Waals surface area contributed by atoms with Gasteiger partial charge in [0.15, 0.2) is 0 Å². The lowest BCUT2D eigenvalue weighted by Gasteiger charge is -1.97. The minimum atomic E-state index is -0.313. The second kappa shape index (κ2) is 3.66. The number of H-pyrrole nitrogens is 2. The van der Waals surface area contributed by atoms with E-state index >= 15 is 0 Å². The lowest BCUT2D eigenvalue weighted by molar-refractivity contribution is 0.0520. The summed E-state index contributed by atoms with van der Waals surface area (Å²) in [6, 6.07) is 7.79. The standard InChI is InChI=1S/C13H12N2O2/c1-2-17-13(16)11-7-8-3-4-10-9(5-6-14-10)12(8)15-11/h3-7,14-15H,2H2,1H3. The van der Waals surface area contributed by atoms with Gasteiger partial charge < -0.3 is 14.7 Å². The van der Waals surface area contributed by atoms with Crippen LogP contribution in [0.15, 0.2) is 30.5 Å². The van der Waals surface area contributed by atoms with Crippen LogP contribution in [0, 0.1) is 0 Å². The second-order valence-corrected chi connectivity index (χ2v) is 3.87. The first-order valence-electron chi connectivity index (χ1n) is 5.55. The molecule has 0 bridgehead atoms. The quantitative estimate of drug-likeness (QED) is 0.662. The molecule has 2 aromatic heterocycles. The van der Waals surface area contributed by atoms with Crippen molar-refractivity contribution in [3.8, 4) is 0 Å². The molecule has 4 heteroatoms. The van der Waals surface area contributed by atoms with Crippen molar-refractivity contribution < 1.29 is 9.53 Å². The van der Waals surface area contributed by atoms with Crippen molar-refractivity contribution in [1.29, 1.82) is 0 Å². The maximum Gasteiger partial charge on any atom is 0.354 e. The van der Waals surface area contributed by atoms with Gasteiger partial charge in [-0.05, 0) is 25.1 Å². The summed E-state index contributed by atoms with van der Waals surface area (Å²) >= 11 is 0. The van der Waals surface area contributed by atoms with Crippen LogP contribution >= 0.6 is 0 Å². The van der Waals surface area contributed by atoms with Gasteiger partial charge in [-0.3, -0.25) is 0 Å². The predicted molar refractivity (Wildman–Crippen MR) is 66.1 cm³/mol. The lowest BCUT2D eigenvalue weighted by atomic mass is 10.2. The Labute approximate surface area is 97.6 Å². The van der Waals surface area contributed by atoms with Crippen molar-refractivity contribution in [3.05, 3.63) is 36.2 Å². The largest absolute Gasteiger partial charge is 0.461 e. The first-order chi connectivity index (χ1) is 8.29. The Morgan fingerprint density at radius 2 is 2.24 bits per heavy atom. The van der Waals surface area contributed by atoms with Gasteiger partial charge in [0.25, 0.3) is 0 Å². The zero-order valence-electron chi connectivity index (χ0n) is 9.41. The first-order valence-corrected chi connectivity index (χ1v) is 5.55. The molecule has 0 saturated carbocycles. The van der Waals surface area contributed by atoms with Gasteiger partial charge in [0.05, 0.1) is 12.1 Å². The normalized spacial score (nSPS) is 11.1. The molecule has 0 atom stereocenters. The summed E-state index contributed by atoms with van der Waals surface area (Å²) in [5, 5.41) is 2.10. The molecule has 0 radical (unpaired) electrons. The lowest BCUT2D eigenvalue weighted by Crippen LogP contribution is -2.04.